The molecule has 2 bridgehead atoms. The number of benzene rings is 1. The van der Waals surface area contributed by atoms with E-state index in [9.17, 15) is 13.2 Å². The number of methoxy groups -OCH3 is 1. The molecule has 1 aromatic carbocycles. The number of carbonyl (C=O) groups is 1. The molecule has 26 heavy (non-hydrogen) atoms. The Balaban J connectivity index is 1.69. The van der Waals surface area contributed by atoms with Crippen LogP contribution in [0.15, 0.2) is 18.2 Å². The maximum absolute atomic E-state index is 12.7. The van der Waals surface area contributed by atoms with Crippen molar-refractivity contribution in [2.75, 3.05) is 20.2 Å². The van der Waals surface area contributed by atoms with Gasteiger partial charge >= 0.3 is 5.97 Å². The van der Waals surface area contributed by atoms with E-state index in [4.69, 9.17) is 4.74 Å². The van der Waals surface area contributed by atoms with Crippen LogP contribution in [0.1, 0.15) is 47.7 Å². The molecule has 1 heterocycles. The lowest BCUT2D eigenvalue weighted by Gasteiger charge is -2.33. The summed E-state index contributed by atoms with van der Waals surface area (Å²) in [6.07, 6.45) is 4.55. The number of nitrogens with zero attached hydrogens (tertiary/aromatic N) is 1. The Morgan fingerprint density at radius 2 is 1.96 bits per heavy atom. The SMILES string of the molecule is CCCN1C[C@]2(NS1(=O)=O)[C@@H]1CC[C@H]2Cc2ccc(C(=O)OC)cc2C1. The Morgan fingerprint density at radius 3 is 2.62 bits per heavy atom. The van der Waals surface area contributed by atoms with Crippen molar-refractivity contribution in [3.8, 4) is 0 Å². The van der Waals surface area contributed by atoms with Gasteiger partial charge in [-0.3, -0.25) is 0 Å². The number of esters is 1. The maximum Gasteiger partial charge on any atom is 0.337 e. The second kappa shape index (κ2) is 6.32. The molecule has 1 aromatic rings. The fraction of sp³-hybridized carbons (Fsp3) is 0.632. The zero-order valence-corrected chi connectivity index (χ0v) is 16.1. The van der Waals surface area contributed by atoms with Gasteiger partial charge in [0.05, 0.1) is 18.2 Å². The molecule has 0 radical (unpaired) electrons. The standard InChI is InChI=1S/C19H26N2O4S/c1-3-8-21-12-19(20-26(21,23)24)16-6-7-17(19)11-15-9-14(18(22)25-2)5-4-13(15)10-16/h4-5,9,16-17,20H,3,6-8,10-12H2,1-2H3/t16-,17+,19+/m0/s1. The molecule has 3 aliphatic rings. The van der Waals surface area contributed by atoms with Crippen LogP contribution in [-0.4, -0.2) is 44.4 Å². The molecule has 1 spiro atoms. The van der Waals surface area contributed by atoms with Crippen LogP contribution < -0.4 is 4.72 Å². The Morgan fingerprint density at radius 1 is 1.27 bits per heavy atom. The molecule has 142 valence electrons. The zero-order chi connectivity index (χ0) is 18.5. The Bertz CT molecular complexity index is 838. The van der Waals surface area contributed by atoms with Gasteiger partial charge in [-0.2, -0.15) is 17.4 Å². The Hall–Kier alpha value is -1.44. The van der Waals surface area contributed by atoms with E-state index in [0.717, 1.165) is 37.7 Å². The molecule has 1 aliphatic heterocycles. The average molecular weight is 378 g/mol. The highest BCUT2D eigenvalue weighted by Crippen LogP contribution is 2.50. The second-order valence-corrected chi connectivity index (χ2v) is 9.51. The monoisotopic (exact) mass is 378 g/mol. The van der Waals surface area contributed by atoms with E-state index in [0.29, 0.717) is 24.6 Å². The van der Waals surface area contributed by atoms with Crippen molar-refractivity contribution in [2.24, 2.45) is 11.8 Å². The summed E-state index contributed by atoms with van der Waals surface area (Å²) in [5, 5.41) is 0. The van der Waals surface area contributed by atoms with Gasteiger partial charge < -0.3 is 4.74 Å². The van der Waals surface area contributed by atoms with Gasteiger partial charge in [-0.05, 0) is 67.2 Å². The first-order chi connectivity index (χ1) is 12.4. The number of ether oxygens (including phenoxy) is 1. The summed E-state index contributed by atoms with van der Waals surface area (Å²) in [5.41, 5.74) is 2.58. The first-order valence-corrected chi connectivity index (χ1v) is 10.8. The highest BCUT2D eigenvalue weighted by Gasteiger charge is 2.59. The molecular formula is C19H26N2O4S. The van der Waals surface area contributed by atoms with Crippen molar-refractivity contribution in [3.63, 3.8) is 0 Å². The molecule has 6 nitrogen and oxygen atoms in total. The molecule has 0 unspecified atom stereocenters. The number of rotatable bonds is 3. The lowest BCUT2D eigenvalue weighted by atomic mass is 9.79. The third-order valence-electron chi connectivity index (χ3n) is 6.45. The topological polar surface area (TPSA) is 75.7 Å². The van der Waals surface area contributed by atoms with E-state index in [1.165, 1.54) is 12.7 Å². The molecule has 4 rings (SSSR count). The van der Waals surface area contributed by atoms with Gasteiger partial charge in [-0.1, -0.05) is 13.0 Å². The summed E-state index contributed by atoms with van der Waals surface area (Å²) in [6.45, 7) is 3.14. The fourth-order valence-corrected chi connectivity index (χ4v) is 7.01. The van der Waals surface area contributed by atoms with Crippen LogP contribution in [0.5, 0.6) is 0 Å². The van der Waals surface area contributed by atoms with Crippen molar-refractivity contribution >= 4 is 16.2 Å². The van der Waals surface area contributed by atoms with E-state index in [-0.39, 0.29) is 17.4 Å². The van der Waals surface area contributed by atoms with Crippen LogP contribution in [0.2, 0.25) is 0 Å². The number of fused-ring (bicyclic) bond motifs is 1. The van der Waals surface area contributed by atoms with Crippen molar-refractivity contribution < 1.29 is 17.9 Å². The van der Waals surface area contributed by atoms with Gasteiger partial charge in [-0.15, -0.1) is 0 Å². The summed E-state index contributed by atoms with van der Waals surface area (Å²) in [4.78, 5) is 11.9. The number of hydrogen-bond donors (Lipinski definition) is 1. The van der Waals surface area contributed by atoms with Gasteiger partial charge in [0.1, 0.15) is 0 Å². The molecular weight excluding hydrogens is 352 g/mol. The van der Waals surface area contributed by atoms with E-state index in [2.05, 4.69) is 4.72 Å². The first-order valence-electron chi connectivity index (χ1n) is 9.39. The van der Waals surface area contributed by atoms with Crippen molar-refractivity contribution in [1.82, 2.24) is 9.03 Å². The van der Waals surface area contributed by atoms with Crippen LogP contribution in [0.4, 0.5) is 0 Å². The Kier molecular flexibility index (Phi) is 4.36. The van der Waals surface area contributed by atoms with Crippen molar-refractivity contribution in [1.29, 1.82) is 0 Å². The molecule has 3 atom stereocenters. The minimum Gasteiger partial charge on any atom is -0.465 e. The minimum atomic E-state index is -3.40. The van der Waals surface area contributed by atoms with Crippen molar-refractivity contribution in [2.45, 2.75) is 44.6 Å². The largest absolute Gasteiger partial charge is 0.465 e. The first kappa shape index (κ1) is 17.9. The number of carbonyl (C=O) groups excluding carboxylic acids is 1. The molecule has 1 N–H and O–H groups in total. The second-order valence-electron chi connectivity index (χ2n) is 7.84. The van der Waals surface area contributed by atoms with Crippen LogP contribution in [0.25, 0.3) is 0 Å². The van der Waals surface area contributed by atoms with Gasteiger partial charge in [0.15, 0.2) is 0 Å². The lowest BCUT2D eigenvalue weighted by Crippen LogP contribution is -2.52. The predicted octanol–water partition coefficient (Wildman–Crippen LogP) is 1.90. The van der Waals surface area contributed by atoms with Crippen LogP contribution in [0, 0.1) is 11.8 Å². The summed E-state index contributed by atoms with van der Waals surface area (Å²) >= 11 is 0. The quantitative estimate of drug-likeness (QED) is 0.815. The highest BCUT2D eigenvalue weighted by atomic mass is 32.2. The number of nitrogens with one attached hydrogen (secondary N) is 1. The van der Waals surface area contributed by atoms with Crippen LogP contribution in [-0.2, 0) is 27.8 Å². The van der Waals surface area contributed by atoms with Gasteiger partial charge in [0, 0.05) is 13.1 Å². The normalized spacial score (nSPS) is 32.4. The van der Waals surface area contributed by atoms with E-state index < -0.39 is 10.2 Å². The zero-order valence-electron chi connectivity index (χ0n) is 15.3. The maximum atomic E-state index is 12.7. The third kappa shape index (κ3) is 2.68. The third-order valence-corrected chi connectivity index (χ3v) is 8.08. The van der Waals surface area contributed by atoms with E-state index in [1.54, 1.807) is 4.31 Å². The molecule has 0 amide bonds. The minimum absolute atomic E-state index is 0.262. The molecule has 0 aromatic heterocycles. The van der Waals surface area contributed by atoms with Crippen LogP contribution in [0.3, 0.4) is 0 Å². The van der Waals surface area contributed by atoms with E-state index in [1.807, 2.05) is 25.1 Å². The summed E-state index contributed by atoms with van der Waals surface area (Å²) in [7, 11) is -2.01. The smallest absolute Gasteiger partial charge is 0.337 e. The van der Waals surface area contributed by atoms with Gasteiger partial charge in [0.25, 0.3) is 10.2 Å². The molecule has 7 heteroatoms. The van der Waals surface area contributed by atoms with Crippen LogP contribution >= 0.6 is 0 Å². The predicted molar refractivity (Wildman–Crippen MR) is 98.1 cm³/mol. The molecule has 1 saturated heterocycles. The van der Waals surface area contributed by atoms with Crippen molar-refractivity contribution in [3.05, 3.63) is 34.9 Å². The van der Waals surface area contributed by atoms with Gasteiger partial charge in [-0.25, -0.2) is 4.79 Å². The highest BCUT2D eigenvalue weighted by molar-refractivity contribution is 7.87. The Labute approximate surface area is 155 Å². The number of hydrogen-bond acceptors (Lipinski definition) is 4. The summed E-state index contributed by atoms with van der Waals surface area (Å²) in [6, 6.07) is 5.77. The van der Waals surface area contributed by atoms with Gasteiger partial charge in [0.2, 0.25) is 0 Å². The van der Waals surface area contributed by atoms with E-state index >= 15 is 0 Å². The summed E-state index contributed by atoms with van der Waals surface area (Å²) < 4.78 is 34.9. The lowest BCUT2D eigenvalue weighted by molar-refractivity contribution is 0.0600. The molecule has 2 fully saturated rings. The molecule has 1 saturated carbocycles. The fourth-order valence-electron chi connectivity index (χ4n) is 5.20. The average Bonchev–Trinajstić information content (AvgIpc) is 2.99. The molecule has 2 aliphatic carbocycles. The summed E-state index contributed by atoms with van der Waals surface area (Å²) in [5.74, 6) is 0.236.